The Kier molecular flexibility index (Phi) is 5.53. The number of piperazine rings is 1. The number of nitrogens with zero attached hydrogens (tertiary/aromatic N) is 5. The summed E-state index contributed by atoms with van der Waals surface area (Å²) in [4.78, 5) is 25.7. The first kappa shape index (κ1) is 19.1. The highest BCUT2D eigenvalue weighted by molar-refractivity contribution is 6.04. The molecule has 1 fully saturated rings. The third-order valence-electron chi connectivity index (χ3n) is 4.95. The largest absolute Gasteiger partial charge is 0.354 e. The Hall–Kier alpha value is -3.26. The van der Waals surface area contributed by atoms with Gasteiger partial charge in [0.25, 0.3) is 5.91 Å². The molecule has 1 saturated heterocycles. The third-order valence-corrected chi connectivity index (χ3v) is 4.95. The number of pyridine rings is 1. The Bertz CT molecular complexity index is 960. The van der Waals surface area contributed by atoms with Crippen LogP contribution in [0.1, 0.15) is 27.6 Å². The molecule has 150 valence electrons. The molecule has 8 nitrogen and oxygen atoms in total. The van der Waals surface area contributed by atoms with Gasteiger partial charge in [0.1, 0.15) is 5.82 Å². The molecule has 3 aromatic rings. The lowest BCUT2D eigenvalue weighted by Crippen LogP contribution is -2.46. The van der Waals surface area contributed by atoms with Gasteiger partial charge in [0.05, 0.1) is 12.1 Å². The van der Waals surface area contributed by atoms with Crippen LogP contribution in [-0.2, 0) is 6.54 Å². The van der Waals surface area contributed by atoms with Gasteiger partial charge in [-0.15, -0.1) is 0 Å². The van der Waals surface area contributed by atoms with Crippen LogP contribution in [0.5, 0.6) is 0 Å². The van der Waals surface area contributed by atoms with Crippen molar-refractivity contribution >= 4 is 17.4 Å². The SMILES string of the molecule is Cc1ccc(NC(=O)c2ccc(N3CCN(Cc4noc(C)n4)CC3)nc2)cc1. The molecule has 3 heterocycles. The number of carbonyl (C=O) groups excluding carboxylic acids is 1. The molecule has 0 aliphatic carbocycles. The highest BCUT2D eigenvalue weighted by Gasteiger charge is 2.20. The maximum absolute atomic E-state index is 12.4. The Labute approximate surface area is 169 Å². The van der Waals surface area contributed by atoms with Gasteiger partial charge in [-0.25, -0.2) is 4.98 Å². The minimum atomic E-state index is -0.159. The summed E-state index contributed by atoms with van der Waals surface area (Å²) < 4.78 is 5.03. The summed E-state index contributed by atoms with van der Waals surface area (Å²) in [6, 6.07) is 11.4. The van der Waals surface area contributed by atoms with E-state index in [-0.39, 0.29) is 5.91 Å². The van der Waals surface area contributed by atoms with Crippen LogP contribution in [0.25, 0.3) is 0 Å². The first-order chi connectivity index (χ1) is 14.1. The van der Waals surface area contributed by atoms with Gasteiger partial charge in [0.2, 0.25) is 5.89 Å². The molecule has 2 aromatic heterocycles. The van der Waals surface area contributed by atoms with Crippen molar-refractivity contribution in [3.05, 3.63) is 65.4 Å². The minimum absolute atomic E-state index is 0.159. The lowest BCUT2D eigenvalue weighted by atomic mass is 10.2. The summed E-state index contributed by atoms with van der Waals surface area (Å²) in [5, 5.41) is 6.85. The van der Waals surface area contributed by atoms with Crippen LogP contribution in [0.15, 0.2) is 47.1 Å². The lowest BCUT2D eigenvalue weighted by Gasteiger charge is -2.34. The Balaban J connectivity index is 1.31. The van der Waals surface area contributed by atoms with Crippen LogP contribution in [0.2, 0.25) is 0 Å². The van der Waals surface area contributed by atoms with Gasteiger partial charge in [-0.3, -0.25) is 9.69 Å². The number of aryl methyl sites for hydroxylation is 2. The third kappa shape index (κ3) is 4.78. The maximum Gasteiger partial charge on any atom is 0.257 e. The van der Waals surface area contributed by atoms with E-state index in [0.29, 0.717) is 18.0 Å². The fraction of sp³-hybridized carbons (Fsp3) is 0.333. The van der Waals surface area contributed by atoms with Crippen LogP contribution in [0.4, 0.5) is 11.5 Å². The van der Waals surface area contributed by atoms with Crippen LogP contribution < -0.4 is 10.2 Å². The first-order valence-electron chi connectivity index (χ1n) is 9.67. The number of carbonyl (C=O) groups is 1. The zero-order chi connectivity index (χ0) is 20.2. The van der Waals surface area contributed by atoms with E-state index in [0.717, 1.165) is 49.1 Å². The maximum atomic E-state index is 12.4. The number of aromatic nitrogens is 3. The Morgan fingerprint density at radius 1 is 1.07 bits per heavy atom. The van der Waals surface area contributed by atoms with E-state index in [1.54, 1.807) is 13.1 Å². The molecule has 8 heteroatoms. The highest BCUT2D eigenvalue weighted by atomic mass is 16.5. The number of anilines is 2. The minimum Gasteiger partial charge on any atom is -0.354 e. The summed E-state index contributed by atoms with van der Waals surface area (Å²) in [5.41, 5.74) is 2.47. The topological polar surface area (TPSA) is 87.4 Å². The average Bonchev–Trinajstić information content (AvgIpc) is 3.15. The van der Waals surface area contributed by atoms with E-state index >= 15 is 0 Å². The lowest BCUT2D eigenvalue weighted by molar-refractivity contribution is 0.102. The summed E-state index contributed by atoms with van der Waals surface area (Å²) in [7, 11) is 0. The number of hydrogen-bond acceptors (Lipinski definition) is 7. The van der Waals surface area contributed by atoms with Crippen LogP contribution >= 0.6 is 0 Å². The molecular weight excluding hydrogens is 368 g/mol. The van der Waals surface area contributed by atoms with Gasteiger partial charge in [-0.1, -0.05) is 22.9 Å². The van der Waals surface area contributed by atoms with Gasteiger partial charge in [-0.05, 0) is 31.2 Å². The fourth-order valence-electron chi connectivity index (χ4n) is 3.29. The van der Waals surface area contributed by atoms with E-state index < -0.39 is 0 Å². The predicted octanol–water partition coefficient (Wildman–Crippen LogP) is 2.66. The normalized spacial score (nSPS) is 14.8. The molecule has 1 aliphatic rings. The predicted molar refractivity (Wildman–Crippen MR) is 110 cm³/mol. The van der Waals surface area contributed by atoms with E-state index in [2.05, 4.69) is 30.2 Å². The van der Waals surface area contributed by atoms with Crippen molar-refractivity contribution in [2.75, 3.05) is 36.4 Å². The molecule has 1 amide bonds. The molecular formula is C21H24N6O2. The molecule has 0 bridgehead atoms. The van der Waals surface area contributed by atoms with E-state index in [1.807, 2.05) is 43.3 Å². The van der Waals surface area contributed by atoms with Crippen molar-refractivity contribution in [2.24, 2.45) is 0 Å². The van der Waals surface area contributed by atoms with Crippen molar-refractivity contribution in [1.82, 2.24) is 20.0 Å². The summed E-state index contributed by atoms with van der Waals surface area (Å²) in [5.74, 6) is 2.03. The number of amides is 1. The van der Waals surface area contributed by atoms with Gasteiger partial charge in [-0.2, -0.15) is 4.98 Å². The number of hydrogen-bond donors (Lipinski definition) is 1. The van der Waals surface area contributed by atoms with E-state index in [1.165, 1.54) is 0 Å². The number of rotatable bonds is 5. The summed E-state index contributed by atoms with van der Waals surface area (Å²) >= 11 is 0. The monoisotopic (exact) mass is 392 g/mol. The molecule has 0 unspecified atom stereocenters. The first-order valence-corrected chi connectivity index (χ1v) is 9.67. The van der Waals surface area contributed by atoms with Gasteiger partial charge < -0.3 is 14.7 Å². The molecule has 1 N–H and O–H groups in total. The van der Waals surface area contributed by atoms with Crippen LogP contribution in [-0.4, -0.2) is 52.1 Å². The molecule has 4 rings (SSSR count). The zero-order valence-corrected chi connectivity index (χ0v) is 16.6. The summed E-state index contributed by atoms with van der Waals surface area (Å²) in [6.45, 7) is 8.01. The molecule has 1 aromatic carbocycles. The van der Waals surface area contributed by atoms with Crippen molar-refractivity contribution in [1.29, 1.82) is 0 Å². The second-order valence-electron chi connectivity index (χ2n) is 7.22. The quantitative estimate of drug-likeness (QED) is 0.714. The smallest absolute Gasteiger partial charge is 0.257 e. The molecule has 1 aliphatic heterocycles. The van der Waals surface area contributed by atoms with E-state index in [9.17, 15) is 4.79 Å². The van der Waals surface area contributed by atoms with Gasteiger partial charge in [0, 0.05) is 45.0 Å². The van der Waals surface area contributed by atoms with Crippen LogP contribution in [0, 0.1) is 13.8 Å². The zero-order valence-electron chi connectivity index (χ0n) is 16.6. The molecule has 29 heavy (non-hydrogen) atoms. The number of benzene rings is 1. The second kappa shape index (κ2) is 8.40. The number of nitrogens with one attached hydrogen (secondary N) is 1. The second-order valence-corrected chi connectivity index (χ2v) is 7.22. The molecule has 0 atom stereocenters. The van der Waals surface area contributed by atoms with E-state index in [4.69, 9.17) is 4.52 Å². The fourth-order valence-corrected chi connectivity index (χ4v) is 3.29. The average molecular weight is 392 g/mol. The Morgan fingerprint density at radius 2 is 1.83 bits per heavy atom. The molecule has 0 spiro atoms. The standard InChI is InChI=1S/C21H24N6O2/c1-15-3-6-18(7-4-15)24-21(28)17-5-8-20(22-13-17)27-11-9-26(10-12-27)14-19-23-16(2)29-25-19/h3-8,13H,9-12,14H2,1-2H3,(H,24,28). The summed E-state index contributed by atoms with van der Waals surface area (Å²) in [6.07, 6.45) is 1.63. The highest BCUT2D eigenvalue weighted by Crippen LogP contribution is 2.16. The van der Waals surface area contributed by atoms with Crippen molar-refractivity contribution in [3.8, 4) is 0 Å². The van der Waals surface area contributed by atoms with Crippen LogP contribution in [0.3, 0.4) is 0 Å². The van der Waals surface area contributed by atoms with Crippen molar-refractivity contribution in [2.45, 2.75) is 20.4 Å². The van der Waals surface area contributed by atoms with Gasteiger partial charge >= 0.3 is 0 Å². The Morgan fingerprint density at radius 3 is 2.45 bits per heavy atom. The van der Waals surface area contributed by atoms with Gasteiger partial charge in [0.15, 0.2) is 5.82 Å². The molecule has 0 radical (unpaired) electrons. The molecule has 0 saturated carbocycles. The van der Waals surface area contributed by atoms with Crippen molar-refractivity contribution in [3.63, 3.8) is 0 Å². The van der Waals surface area contributed by atoms with Crippen molar-refractivity contribution < 1.29 is 9.32 Å².